The third-order valence-electron chi connectivity index (χ3n) is 11.5. The second-order valence-electron chi connectivity index (χ2n) is 14.4. The Morgan fingerprint density at radius 1 is 0.519 bits per heavy atom. The fraction of sp³-hybridized carbons (Fsp3) is 0.0400. The van der Waals surface area contributed by atoms with Gasteiger partial charge in [-0.25, -0.2) is 9.98 Å². The number of rotatable bonds is 2. The van der Waals surface area contributed by atoms with E-state index in [2.05, 4.69) is 174 Å². The Morgan fingerprint density at radius 2 is 1.22 bits per heavy atom. The second kappa shape index (κ2) is 11.2. The van der Waals surface area contributed by atoms with E-state index in [9.17, 15) is 0 Å². The van der Waals surface area contributed by atoms with Crippen molar-refractivity contribution in [3.05, 3.63) is 182 Å². The minimum atomic E-state index is -0.0952. The summed E-state index contributed by atoms with van der Waals surface area (Å²) in [7, 11) is 0. The molecule has 2 aromatic heterocycles. The first-order chi connectivity index (χ1) is 26.8. The summed E-state index contributed by atoms with van der Waals surface area (Å²) >= 11 is 0. The molecule has 54 heavy (non-hydrogen) atoms. The molecule has 4 nitrogen and oxygen atoms in total. The van der Waals surface area contributed by atoms with Crippen LogP contribution in [0, 0.1) is 5.92 Å². The smallest absolute Gasteiger partial charge is 0.230 e. The number of furan rings is 1. The normalized spacial score (nSPS) is 17.0. The molecule has 0 saturated carbocycles. The lowest BCUT2D eigenvalue weighted by molar-refractivity contribution is 0.636. The molecular formula is C50H31N3O. The standard InChI is InChI=1S/C50H31N3O/c1-2-15-30(16-3-1)47-38-22-8-11-26-42(38)51-50(52-47)53-43-27-12-9-23-39(43)46-45-34-20-6-4-17-31(34)40(29-41(45)32-18-5-7-21-35(32)48(46)53)37-25-14-24-36-33-19-10-13-28-44(33)54-49(36)37/h1-29,38,47H/t38-,47?/m1/s1. The Balaban J connectivity index is 1.23. The molecule has 0 bridgehead atoms. The highest BCUT2D eigenvalue weighted by atomic mass is 16.3. The zero-order valence-electron chi connectivity index (χ0n) is 29.1. The molecule has 0 amide bonds. The Kier molecular flexibility index (Phi) is 6.14. The predicted molar refractivity (Wildman–Crippen MR) is 226 cm³/mol. The number of allylic oxidation sites excluding steroid dienone is 3. The van der Waals surface area contributed by atoms with Gasteiger partial charge in [0, 0.05) is 43.8 Å². The largest absolute Gasteiger partial charge is 0.455 e. The van der Waals surface area contributed by atoms with E-state index in [1.807, 2.05) is 6.07 Å². The van der Waals surface area contributed by atoms with Crippen LogP contribution in [-0.2, 0) is 0 Å². The van der Waals surface area contributed by atoms with Crippen LogP contribution in [-0.4, -0.2) is 16.2 Å². The zero-order valence-corrected chi connectivity index (χ0v) is 29.1. The number of hydrogen-bond donors (Lipinski definition) is 0. The first-order valence-electron chi connectivity index (χ1n) is 18.6. The molecule has 1 aliphatic carbocycles. The van der Waals surface area contributed by atoms with Crippen LogP contribution in [0.1, 0.15) is 11.6 Å². The molecule has 8 aromatic carbocycles. The van der Waals surface area contributed by atoms with Crippen LogP contribution >= 0.6 is 0 Å². The quantitative estimate of drug-likeness (QED) is 0.167. The van der Waals surface area contributed by atoms with Crippen LogP contribution in [0.25, 0.3) is 87.2 Å². The highest BCUT2D eigenvalue weighted by Gasteiger charge is 2.32. The maximum Gasteiger partial charge on any atom is 0.230 e. The van der Waals surface area contributed by atoms with E-state index in [4.69, 9.17) is 14.4 Å². The van der Waals surface area contributed by atoms with Crippen LogP contribution < -0.4 is 0 Å². The van der Waals surface area contributed by atoms with Gasteiger partial charge in [-0.3, -0.25) is 4.57 Å². The summed E-state index contributed by atoms with van der Waals surface area (Å²) in [6.45, 7) is 0. The molecule has 4 heteroatoms. The number of para-hydroxylation sites is 3. The van der Waals surface area contributed by atoms with Gasteiger partial charge in [0.2, 0.25) is 5.96 Å². The van der Waals surface area contributed by atoms with Gasteiger partial charge >= 0.3 is 0 Å². The van der Waals surface area contributed by atoms with Crippen molar-refractivity contribution >= 4 is 87.7 Å². The number of benzene rings is 8. The van der Waals surface area contributed by atoms with E-state index >= 15 is 0 Å². The molecule has 2 aliphatic rings. The number of aromatic nitrogens is 1. The summed E-state index contributed by atoms with van der Waals surface area (Å²) in [4.78, 5) is 10.9. The van der Waals surface area contributed by atoms with Gasteiger partial charge in [-0.05, 0) is 56.9 Å². The lowest BCUT2D eigenvalue weighted by Gasteiger charge is -2.28. The van der Waals surface area contributed by atoms with Gasteiger partial charge in [0.05, 0.1) is 22.8 Å². The molecule has 0 saturated heterocycles. The molecule has 3 heterocycles. The Bertz CT molecular complexity index is 3340. The summed E-state index contributed by atoms with van der Waals surface area (Å²) in [6.07, 6.45) is 8.59. The highest BCUT2D eigenvalue weighted by molar-refractivity contribution is 6.39. The Labute approximate surface area is 310 Å². The van der Waals surface area contributed by atoms with E-state index in [1.165, 1.54) is 48.7 Å². The van der Waals surface area contributed by atoms with Gasteiger partial charge in [0.1, 0.15) is 11.2 Å². The van der Waals surface area contributed by atoms with Crippen molar-refractivity contribution in [1.82, 2.24) is 4.57 Å². The summed E-state index contributed by atoms with van der Waals surface area (Å²) in [5.41, 5.74) is 8.50. The fourth-order valence-corrected chi connectivity index (χ4v) is 9.23. The topological polar surface area (TPSA) is 42.8 Å². The van der Waals surface area contributed by atoms with Gasteiger partial charge in [0.25, 0.3) is 0 Å². The van der Waals surface area contributed by atoms with E-state index in [0.29, 0.717) is 5.96 Å². The summed E-state index contributed by atoms with van der Waals surface area (Å²) in [5.74, 6) is 0.786. The number of aliphatic imine (C=N–C) groups is 2. The predicted octanol–water partition coefficient (Wildman–Crippen LogP) is 13.0. The molecular weight excluding hydrogens is 659 g/mol. The monoisotopic (exact) mass is 689 g/mol. The van der Waals surface area contributed by atoms with Crippen LogP contribution in [0.5, 0.6) is 0 Å². The van der Waals surface area contributed by atoms with Gasteiger partial charge in [-0.1, -0.05) is 152 Å². The average molecular weight is 690 g/mol. The van der Waals surface area contributed by atoms with Crippen molar-refractivity contribution in [1.29, 1.82) is 0 Å². The lowest BCUT2D eigenvalue weighted by Crippen LogP contribution is -2.28. The molecule has 2 atom stereocenters. The van der Waals surface area contributed by atoms with Crippen LogP contribution in [0.4, 0.5) is 0 Å². The Hall–Kier alpha value is -7.04. The highest BCUT2D eigenvalue weighted by Crippen LogP contribution is 2.48. The minimum Gasteiger partial charge on any atom is -0.455 e. The van der Waals surface area contributed by atoms with Crippen molar-refractivity contribution in [3.63, 3.8) is 0 Å². The number of nitrogens with zero attached hydrogens (tertiary/aromatic N) is 3. The fourth-order valence-electron chi connectivity index (χ4n) is 9.23. The van der Waals surface area contributed by atoms with Crippen molar-refractivity contribution in [2.45, 2.75) is 6.04 Å². The van der Waals surface area contributed by atoms with Crippen LogP contribution in [0.2, 0.25) is 0 Å². The molecule has 0 spiro atoms. The van der Waals surface area contributed by atoms with E-state index in [-0.39, 0.29) is 12.0 Å². The molecule has 10 aromatic rings. The first-order valence-corrected chi connectivity index (χ1v) is 18.6. The third-order valence-corrected chi connectivity index (χ3v) is 11.5. The Morgan fingerprint density at radius 3 is 2.09 bits per heavy atom. The van der Waals surface area contributed by atoms with Crippen LogP contribution in [0.3, 0.4) is 0 Å². The van der Waals surface area contributed by atoms with E-state index in [0.717, 1.165) is 49.8 Å². The number of fused-ring (bicyclic) bond motifs is 14. The van der Waals surface area contributed by atoms with Crippen molar-refractivity contribution in [2.24, 2.45) is 15.9 Å². The van der Waals surface area contributed by atoms with Gasteiger partial charge in [-0.2, -0.15) is 0 Å². The second-order valence-corrected chi connectivity index (χ2v) is 14.4. The van der Waals surface area contributed by atoms with Crippen molar-refractivity contribution in [2.75, 3.05) is 0 Å². The molecule has 0 N–H and O–H groups in total. The molecule has 252 valence electrons. The first kappa shape index (κ1) is 29.5. The van der Waals surface area contributed by atoms with Crippen molar-refractivity contribution < 1.29 is 4.42 Å². The molecule has 1 aliphatic heterocycles. The summed E-state index contributed by atoms with van der Waals surface area (Å²) in [6, 6.07) is 54.3. The zero-order chi connectivity index (χ0) is 35.3. The maximum absolute atomic E-state index is 6.63. The molecule has 1 unspecified atom stereocenters. The maximum atomic E-state index is 6.63. The SMILES string of the molecule is C1=CC2=NC(n3c4ccccc4c4c5c6ccccc6c(-c6cccc7c6oc6ccccc67)cc5c5ccccc5c43)=NC(c3ccccc3)[C@@H]2C=C1. The van der Waals surface area contributed by atoms with E-state index in [1.54, 1.807) is 0 Å². The van der Waals surface area contributed by atoms with E-state index < -0.39 is 0 Å². The van der Waals surface area contributed by atoms with Gasteiger partial charge in [-0.15, -0.1) is 0 Å². The molecule has 0 radical (unpaired) electrons. The van der Waals surface area contributed by atoms with Crippen molar-refractivity contribution in [3.8, 4) is 11.1 Å². The molecule has 0 fully saturated rings. The summed E-state index contributed by atoms with van der Waals surface area (Å²) < 4.78 is 8.95. The van der Waals surface area contributed by atoms with Crippen LogP contribution in [0.15, 0.2) is 190 Å². The van der Waals surface area contributed by atoms with Gasteiger partial charge < -0.3 is 4.42 Å². The summed E-state index contributed by atoms with van der Waals surface area (Å²) in [5, 5.41) is 11.8. The third kappa shape index (κ3) is 4.08. The minimum absolute atomic E-state index is 0.0744. The van der Waals surface area contributed by atoms with Gasteiger partial charge in [0.15, 0.2) is 0 Å². The average Bonchev–Trinajstić information content (AvgIpc) is 3.80. The lowest BCUT2D eigenvalue weighted by atomic mass is 9.86. The number of hydrogen-bond acceptors (Lipinski definition) is 3. The molecule has 12 rings (SSSR count).